The zero-order valence-corrected chi connectivity index (χ0v) is 9.76. The monoisotopic (exact) mass is 225 g/mol. The summed E-state index contributed by atoms with van der Waals surface area (Å²) in [6.45, 7) is 4.59. The molecule has 0 aromatic heterocycles. The van der Waals surface area contributed by atoms with Crippen molar-refractivity contribution in [3.05, 3.63) is 29.3 Å². The van der Waals surface area contributed by atoms with Gasteiger partial charge in [0.2, 0.25) is 0 Å². The van der Waals surface area contributed by atoms with E-state index in [4.69, 9.17) is 0 Å². The molecule has 0 atom stereocenters. The number of nitrogens with zero attached hydrogens (tertiary/aromatic N) is 1. The van der Waals surface area contributed by atoms with Crippen LogP contribution in [0.15, 0.2) is 18.2 Å². The van der Waals surface area contributed by atoms with E-state index in [0.29, 0.717) is 6.42 Å². The number of halogens is 2. The van der Waals surface area contributed by atoms with E-state index in [0.717, 1.165) is 17.8 Å². The average molecular weight is 225 g/mol. The largest absolute Gasteiger partial charge is 0.365 e. The van der Waals surface area contributed by atoms with Gasteiger partial charge in [-0.2, -0.15) is 0 Å². The van der Waals surface area contributed by atoms with Gasteiger partial charge in [-0.25, -0.2) is 8.78 Å². The van der Waals surface area contributed by atoms with E-state index in [2.05, 4.69) is 0 Å². The van der Waals surface area contributed by atoms with Gasteiger partial charge in [-0.05, 0) is 31.9 Å². The highest BCUT2D eigenvalue weighted by molar-refractivity contribution is 5.54. The highest BCUT2D eigenvalue weighted by Gasteiger charge is 2.35. The second-order valence-corrected chi connectivity index (χ2v) is 4.67. The summed E-state index contributed by atoms with van der Waals surface area (Å²) in [4.78, 5) is 1.80. The predicted molar refractivity (Wildman–Crippen MR) is 62.3 cm³/mol. The molecule has 0 unspecified atom stereocenters. The van der Waals surface area contributed by atoms with Gasteiger partial charge in [0.15, 0.2) is 0 Å². The minimum absolute atomic E-state index is 0.0222. The Hall–Kier alpha value is -1.12. The Morgan fingerprint density at radius 2 is 2.00 bits per heavy atom. The number of anilines is 1. The van der Waals surface area contributed by atoms with Crippen molar-refractivity contribution in [1.29, 1.82) is 0 Å². The normalized spacial score (nSPS) is 19.9. The third-order valence-corrected chi connectivity index (χ3v) is 3.09. The Kier molecular flexibility index (Phi) is 2.87. The van der Waals surface area contributed by atoms with Crippen LogP contribution in [0.4, 0.5) is 14.5 Å². The van der Waals surface area contributed by atoms with Crippen LogP contribution >= 0.6 is 0 Å². The number of hydrogen-bond donors (Lipinski definition) is 0. The maximum absolute atomic E-state index is 13.3. The molecular weight excluding hydrogens is 208 g/mol. The first-order chi connectivity index (χ1) is 7.48. The second kappa shape index (κ2) is 4.04. The third-order valence-electron chi connectivity index (χ3n) is 3.09. The molecule has 88 valence electrons. The SMILES string of the molecule is Cc1ccc(N2CCCC(F)(F)C2)c(C)c1. The highest BCUT2D eigenvalue weighted by Crippen LogP contribution is 2.31. The summed E-state index contributed by atoms with van der Waals surface area (Å²) in [5, 5.41) is 0. The van der Waals surface area contributed by atoms with E-state index in [9.17, 15) is 8.78 Å². The average Bonchev–Trinajstić information content (AvgIpc) is 2.15. The zero-order valence-electron chi connectivity index (χ0n) is 9.76. The second-order valence-electron chi connectivity index (χ2n) is 4.67. The summed E-state index contributed by atoms with van der Waals surface area (Å²) < 4.78 is 26.6. The molecule has 1 saturated heterocycles. The maximum atomic E-state index is 13.3. The van der Waals surface area contributed by atoms with Gasteiger partial charge in [0, 0.05) is 18.7 Å². The molecule has 0 saturated carbocycles. The summed E-state index contributed by atoms with van der Waals surface area (Å²) in [6.07, 6.45) is 0.592. The fourth-order valence-corrected chi connectivity index (χ4v) is 2.33. The van der Waals surface area contributed by atoms with Crippen LogP contribution in [0.5, 0.6) is 0 Å². The van der Waals surface area contributed by atoms with Crippen molar-refractivity contribution in [3.8, 4) is 0 Å². The molecule has 3 heteroatoms. The Morgan fingerprint density at radius 1 is 1.25 bits per heavy atom. The minimum Gasteiger partial charge on any atom is -0.365 e. The molecule has 1 heterocycles. The molecule has 1 aliphatic rings. The van der Waals surface area contributed by atoms with E-state index in [-0.39, 0.29) is 13.0 Å². The van der Waals surface area contributed by atoms with Gasteiger partial charge < -0.3 is 4.90 Å². The van der Waals surface area contributed by atoms with Crippen LogP contribution in [0.25, 0.3) is 0 Å². The van der Waals surface area contributed by atoms with Crippen LogP contribution in [0.1, 0.15) is 24.0 Å². The van der Waals surface area contributed by atoms with Gasteiger partial charge >= 0.3 is 0 Å². The number of benzene rings is 1. The van der Waals surface area contributed by atoms with Crippen molar-refractivity contribution in [3.63, 3.8) is 0 Å². The summed E-state index contributed by atoms with van der Waals surface area (Å²) in [5.74, 6) is -2.53. The predicted octanol–water partition coefficient (Wildman–Crippen LogP) is 3.54. The summed E-state index contributed by atoms with van der Waals surface area (Å²) in [5.41, 5.74) is 3.20. The van der Waals surface area contributed by atoms with Crippen LogP contribution < -0.4 is 4.90 Å². The molecule has 0 amide bonds. The maximum Gasteiger partial charge on any atom is 0.265 e. The molecule has 0 radical (unpaired) electrons. The summed E-state index contributed by atoms with van der Waals surface area (Å²) in [7, 11) is 0. The molecule has 1 aromatic carbocycles. The molecule has 0 aliphatic carbocycles. The fraction of sp³-hybridized carbons (Fsp3) is 0.538. The number of hydrogen-bond acceptors (Lipinski definition) is 1. The lowest BCUT2D eigenvalue weighted by molar-refractivity contribution is -0.0116. The van der Waals surface area contributed by atoms with Crippen molar-refractivity contribution in [2.45, 2.75) is 32.6 Å². The Labute approximate surface area is 95.1 Å². The first kappa shape index (κ1) is 11.4. The summed E-state index contributed by atoms with van der Waals surface area (Å²) >= 11 is 0. The van der Waals surface area contributed by atoms with Crippen molar-refractivity contribution < 1.29 is 8.78 Å². The smallest absolute Gasteiger partial charge is 0.265 e. The zero-order chi connectivity index (χ0) is 11.8. The van der Waals surface area contributed by atoms with Crippen molar-refractivity contribution in [2.75, 3.05) is 18.0 Å². The molecule has 1 nitrogen and oxygen atoms in total. The minimum atomic E-state index is -2.53. The molecular formula is C13H17F2N. The Morgan fingerprint density at radius 3 is 2.62 bits per heavy atom. The summed E-state index contributed by atoms with van der Waals surface area (Å²) in [6, 6.07) is 5.98. The highest BCUT2D eigenvalue weighted by atomic mass is 19.3. The lowest BCUT2D eigenvalue weighted by Crippen LogP contribution is -2.42. The molecule has 0 N–H and O–H groups in total. The standard InChI is InChI=1S/C13H17F2N/c1-10-4-5-12(11(2)8-10)16-7-3-6-13(14,15)9-16/h4-5,8H,3,6-7,9H2,1-2H3. The lowest BCUT2D eigenvalue weighted by Gasteiger charge is -2.35. The number of piperidine rings is 1. The van der Waals surface area contributed by atoms with Gasteiger partial charge in [-0.3, -0.25) is 0 Å². The van der Waals surface area contributed by atoms with Crippen molar-refractivity contribution >= 4 is 5.69 Å². The van der Waals surface area contributed by atoms with Crippen molar-refractivity contribution in [1.82, 2.24) is 0 Å². The number of aryl methyl sites for hydroxylation is 2. The van der Waals surface area contributed by atoms with Crippen LogP contribution in [0.3, 0.4) is 0 Å². The van der Waals surface area contributed by atoms with Gasteiger partial charge in [0.05, 0.1) is 6.54 Å². The van der Waals surface area contributed by atoms with Gasteiger partial charge in [0.1, 0.15) is 0 Å². The first-order valence-electron chi connectivity index (χ1n) is 5.68. The topological polar surface area (TPSA) is 3.24 Å². The van der Waals surface area contributed by atoms with Crippen molar-refractivity contribution in [2.24, 2.45) is 0 Å². The first-order valence-corrected chi connectivity index (χ1v) is 5.68. The molecule has 0 bridgehead atoms. The van der Waals surface area contributed by atoms with Crippen LogP contribution in [-0.4, -0.2) is 19.0 Å². The van der Waals surface area contributed by atoms with E-state index >= 15 is 0 Å². The molecule has 1 aromatic rings. The van der Waals surface area contributed by atoms with Gasteiger partial charge in [0.25, 0.3) is 5.92 Å². The Balaban J connectivity index is 2.23. The number of rotatable bonds is 1. The molecule has 16 heavy (non-hydrogen) atoms. The van der Waals surface area contributed by atoms with E-state index < -0.39 is 5.92 Å². The van der Waals surface area contributed by atoms with Gasteiger partial charge in [-0.1, -0.05) is 17.7 Å². The quantitative estimate of drug-likeness (QED) is 0.706. The third kappa shape index (κ3) is 2.34. The van der Waals surface area contributed by atoms with E-state index in [1.807, 2.05) is 32.0 Å². The Bertz CT molecular complexity index is 388. The molecule has 1 aliphatic heterocycles. The lowest BCUT2D eigenvalue weighted by atomic mass is 10.0. The van der Waals surface area contributed by atoms with E-state index in [1.54, 1.807) is 4.90 Å². The number of alkyl halides is 2. The van der Waals surface area contributed by atoms with Crippen LogP contribution in [0, 0.1) is 13.8 Å². The van der Waals surface area contributed by atoms with E-state index in [1.165, 1.54) is 5.56 Å². The fourth-order valence-electron chi connectivity index (χ4n) is 2.33. The van der Waals surface area contributed by atoms with Gasteiger partial charge in [-0.15, -0.1) is 0 Å². The van der Waals surface area contributed by atoms with Crippen LogP contribution in [0.2, 0.25) is 0 Å². The molecule has 2 rings (SSSR count). The van der Waals surface area contributed by atoms with Crippen LogP contribution in [-0.2, 0) is 0 Å². The molecule has 0 spiro atoms. The molecule has 1 fully saturated rings.